The molecule has 0 aliphatic heterocycles. The Morgan fingerprint density at radius 2 is 1.86 bits per heavy atom. The van der Waals surface area contributed by atoms with Crippen molar-refractivity contribution in [2.45, 2.75) is 13.8 Å². The lowest BCUT2D eigenvalue weighted by atomic mass is 10.1. The van der Waals surface area contributed by atoms with Crippen LogP contribution < -0.4 is 11.1 Å². The van der Waals surface area contributed by atoms with Crippen LogP contribution in [-0.2, 0) is 4.74 Å². The third-order valence-corrected chi connectivity index (χ3v) is 4.72. The molecule has 146 valence electrons. The normalized spacial score (nSPS) is 10.3. The number of aryl methyl sites for hydroxylation is 2. The fourth-order valence-electron chi connectivity index (χ4n) is 3.00. The summed E-state index contributed by atoms with van der Waals surface area (Å²) in [5, 5.41) is 12.2. The summed E-state index contributed by atoms with van der Waals surface area (Å²) in [4.78, 5) is 25.2. The molecular weight excluding hydrogens is 368 g/mol. The number of carbonyl (C=O) groups excluding carboxylic acids is 2. The maximum atomic E-state index is 13.0. The number of benzene rings is 2. The van der Waals surface area contributed by atoms with Gasteiger partial charge in [-0.05, 0) is 49.2 Å². The van der Waals surface area contributed by atoms with Gasteiger partial charge in [0.1, 0.15) is 6.07 Å². The van der Waals surface area contributed by atoms with Crippen molar-refractivity contribution in [3.05, 3.63) is 76.6 Å². The van der Waals surface area contributed by atoms with E-state index in [9.17, 15) is 14.9 Å². The molecule has 0 spiro atoms. The number of methoxy groups -OCH3 is 1. The Labute approximate surface area is 168 Å². The molecule has 0 radical (unpaired) electrons. The van der Waals surface area contributed by atoms with Crippen molar-refractivity contribution in [2.75, 3.05) is 18.2 Å². The van der Waals surface area contributed by atoms with Crippen molar-refractivity contribution in [1.29, 1.82) is 5.26 Å². The zero-order valence-corrected chi connectivity index (χ0v) is 16.3. The predicted octanol–water partition coefficient (Wildman–Crippen LogP) is 3.59. The van der Waals surface area contributed by atoms with Gasteiger partial charge in [0.25, 0.3) is 5.91 Å². The molecule has 0 aliphatic carbocycles. The standard InChI is InChI=1S/C22H20N4O3/c1-13-8-9-16(10-14(13)2)25-21(27)17-6-4-5-7-18(17)26-12-15(11-23)19(24)20(26)22(28)29-3/h4-10,12H,24H2,1-3H3,(H,25,27). The molecule has 1 aromatic heterocycles. The Kier molecular flexibility index (Phi) is 5.37. The molecule has 2 aromatic carbocycles. The minimum Gasteiger partial charge on any atom is -0.464 e. The minimum atomic E-state index is -0.701. The lowest BCUT2D eigenvalue weighted by molar-refractivity contribution is 0.0592. The molecule has 3 N–H and O–H groups in total. The number of ether oxygens (including phenoxy) is 1. The molecule has 0 atom stereocenters. The van der Waals surface area contributed by atoms with E-state index in [0.717, 1.165) is 11.1 Å². The van der Waals surface area contributed by atoms with Gasteiger partial charge in [-0.15, -0.1) is 0 Å². The van der Waals surface area contributed by atoms with Gasteiger partial charge in [0, 0.05) is 11.9 Å². The molecule has 1 heterocycles. The van der Waals surface area contributed by atoms with E-state index < -0.39 is 5.97 Å². The smallest absolute Gasteiger partial charge is 0.357 e. The van der Waals surface area contributed by atoms with Crippen molar-refractivity contribution < 1.29 is 14.3 Å². The summed E-state index contributed by atoms with van der Waals surface area (Å²) in [6.07, 6.45) is 1.42. The number of hydrogen-bond acceptors (Lipinski definition) is 5. The number of anilines is 2. The van der Waals surface area contributed by atoms with Crippen molar-refractivity contribution >= 4 is 23.3 Å². The summed E-state index contributed by atoms with van der Waals surface area (Å²) < 4.78 is 6.22. The highest BCUT2D eigenvalue weighted by Crippen LogP contribution is 2.27. The number of para-hydroxylation sites is 1. The molecule has 3 rings (SSSR count). The highest BCUT2D eigenvalue weighted by Gasteiger charge is 2.24. The average Bonchev–Trinajstić information content (AvgIpc) is 3.06. The monoisotopic (exact) mass is 388 g/mol. The molecule has 0 saturated heterocycles. The number of amides is 1. The molecule has 0 saturated carbocycles. The van der Waals surface area contributed by atoms with Gasteiger partial charge in [-0.3, -0.25) is 4.79 Å². The molecular formula is C22H20N4O3. The number of nitrogens with one attached hydrogen (secondary N) is 1. The second-order valence-corrected chi connectivity index (χ2v) is 6.55. The molecule has 1 amide bonds. The Morgan fingerprint density at radius 1 is 1.14 bits per heavy atom. The van der Waals surface area contributed by atoms with Gasteiger partial charge in [-0.1, -0.05) is 18.2 Å². The number of nitrogen functional groups attached to an aromatic ring is 1. The van der Waals surface area contributed by atoms with Gasteiger partial charge < -0.3 is 20.4 Å². The summed E-state index contributed by atoms with van der Waals surface area (Å²) in [5.41, 5.74) is 9.64. The lowest BCUT2D eigenvalue weighted by Gasteiger charge is -2.14. The van der Waals surface area contributed by atoms with Gasteiger partial charge in [-0.25, -0.2) is 4.79 Å². The van der Waals surface area contributed by atoms with Gasteiger partial charge in [0.2, 0.25) is 0 Å². The Bertz CT molecular complexity index is 1160. The number of esters is 1. The zero-order valence-electron chi connectivity index (χ0n) is 16.3. The van der Waals surface area contributed by atoms with Gasteiger partial charge in [0.15, 0.2) is 5.69 Å². The number of nitrogens with two attached hydrogens (primary N) is 1. The van der Waals surface area contributed by atoms with E-state index in [1.165, 1.54) is 17.9 Å². The maximum Gasteiger partial charge on any atom is 0.357 e. The number of nitrogens with zero attached hydrogens (tertiary/aromatic N) is 2. The number of aromatic nitrogens is 1. The molecule has 0 bridgehead atoms. The van der Waals surface area contributed by atoms with Crippen molar-refractivity contribution in [3.8, 4) is 11.8 Å². The van der Waals surface area contributed by atoms with Gasteiger partial charge in [0.05, 0.1) is 29.6 Å². The quantitative estimate of drug-likeness (QED) is 0.664. The topological polar surface area (TPSA) is 110 Å². The maximum absolute atomic E-state index is 13.0. The fraction of sp³-hybridized carbons (Fsp3) is 0.136. The highest BCUT2D eigenvalue weighted by molar-refractivity contribution is 6.07. The minimum absolute atomic E-state index is 0.00344. The molecule has 3 aromatic rings. The van der Waals surface area contributed by atoms with E-state index in [0.29, 0.717) is 16.9 Å². The highest BCUT2D eigenvalue weighted by atomic mass is 16.5. The summed E-state index contributed by atoms with van der Waals surface area (Å²) in [7, 11) is 1.23. The largest absolute Gasteiger partial charge is 0.464 e. The van der Waals surface area contributed by atoms with E-state index >= 15 is 0 Å². The van der Waals surface area contributed by atoms with Crippen molar-refractivity contribution in [3.63, 3.8) is 0 Å². The van der Waals surface area contributed by atoms with Crippen LogP contribution in [0.3, 0.4) is 0 Å². The van der Waals surface area contributed by atoms with Crippen LogP contribution in [0.15, 0.2) is 48.7 Å². The lowest BCUT2D eigenvalue weighted by Crippen LogP contribution is -2.17. The summed E-state index contributed by atoms with van der Waals surface area (Å²) >= 11 is 0. The van der Waals surface area contributed by atoms with Crippen LogP contribution in [0.25, 0.3) is 5.69 Å². The molecule has 0 unspecified atom stereocenters. The number of hydrogen-bond donors (Lipinski definition) is 2. The third kappa shape index (κ3) is 3.69. The van der Waals surface area contributed by atoms with Crippen LogP contribution in [0.5, 0.6) is 0 Å². The summed E-state index contributed by atoms with van der Waals surface area (Å²) in [6.45, 7) is 3.96. The van der Waals surface area contributed by atoms with Crippen LogP contribution in [0, 0.1) is 25.2 Å². The average molecular weight is 388 g/mol. The SMILES string of the molecule is COC(=O)c1c(N)c(C#N)cn1-c1ccccc1C(=O)Nc1ccc(C)c(C)c1. The first-order valence-corrected chi connectivity index (χ1v) is 8.84. The zero-order chi connectivity index (χ0) is 21.1. The van der Waals surface area contributed by atoms with E-state index in [-0.39, 0.29) is 22.9 Å². The number of carbonyl (C=O) groups is 2. The third-order valence-electron chi connectivity index (χ3n) is 4.72. The van der Waals surface area contributed by atoms with Crippen LogP contribution in [-0.4, -0.2) is 23.6 Å². The van der Waals surface area contributed by atoms with Crippen LogP contribution in [0.4, 0.5) is 11.4 Å². The Balaban J connectivity index is 2.08. The van der Waals surface area contributed by atoms with E-state index in [2.05, 4.69) is 5.32 Å². The van der Waals surface area contributed by atoms with Gasteiger partial charge in [-0.2, -0.15) is 5.26 Å². The van der Waals surface area contributed by atoms with Crippen LogP contribution in [0.1, 0.15) is 37.5 Å². The Hall–Kier alpha value is -4.05. The first-order valence-electron chi connectivity index (χ1n) is 8.84. The molecule has 0 aliphatic rings. The van der Waals surface area contributed by atoms with Crippen molar-refractivity contribution in [2.24, 2.45) is 0 Å². The first kappa shape index (κ1) is 19.7. The fourth-order valence-corrected chi connectivity index (χ4v) is 3.00. The summed E-state index contributed by atoms with van der Waals surface area (Å²) in [5.74, 6) is -1.06. The van der Waals surface area contributed by atoms with E-state index in [1.54, 1.807) is 24.3 Å². The first-order chi connectivity index (χ1) is 13.9. The van der Waals surface area contributed by atoms with E-state index in [4.69, 9.17) is 10.5 Å². The summed E-state index contributed by atoms with van der Waals surface area (Å²) in [6, 6.07) is 14.3. The van der Waals surface area contributed by atoms with Crippen LogP contribution >= 0.6 is 0 Å². The predicted molar refractivity (Wildman–Crippen MR) is 110 cm³/mol. The van der Waals surface area contributed by atoms with Gasteiger partial charge >= 0.3 is 5.97 Å². The Morgan fingerprint density at radius 3 is 2.52 bits per heavy atom. The molecule has 7 heteroatoms. The molecule has 7 nitrogen and oxygen atoms in total. The van der Waals surface area contributed by atoms with Crippen molar-refractivity contribution in [1.82, 2.24) is 4.57 Å². The molecule has 0 fully saturated rings. The second-order valence-electron chi connectivity index (χ2n) is 6.55. The molecule has 29 heavy (non-hydrogen) atoms. The second kappa shape index (κ2) is 7.90. The van der Waals surface area contributed by atoms with E-state index in [1.807, 2.05) is 38.1 Å². The number of nitriles is 1. The number of rotatable bonds is 4. The van der Waals surface area contributed by atoms with Crippen LogP contribution in [0.2, 0.25) is 0 Å².